The Morgan fingerprint density at radius 1 is 0.606 bits per heavy atom. The molecule has 15 heteroatoms. The molecular weight excluding hydrogens is 860 g/mol. The summed E-state index contributed by atoms with van der Waals surface area (Å²) in [4.78, 5) is 54.0. The smallest absolute Gasteiger partial charge is 0.461 e. The van der Waals surface area contributed by atoms with Crippen LogP contribution < -0.4 is 18.9 Å². The number of carbonyl (C=O) groups excluding carboxylic acids is 4. The van der Waals surface area contributed by atoms with Crippen molar-refractivity contribution in [1.82, 2.24) is 15.1 Å². The van der Waals surface area contributed by atoms with Crippen molar-refractivity contribution in [3.8, 4) is 23.8 Å². The van der Waals surface area contributed by atoms with Gasteiger partial charge >= 0.3 is 19.8 Å². The third kappa shape index (κ3) is 17.6. The molecule has 14 nitrogen and oxygen atoms in total. The molecular formula is C51H56N4O10P+. The molecule has 2 saturated heterocycles. The topological polar surface area (TPSA) is 154 Å². The molecule has 5 aromatic rings. The van der Waals surface area contributed by atoms with Gasteiger partial charge in [-0.15, -0.1) is 0 Å². The molecule has 0 bridgehead atoms. The van der Waals surface area contributed by atoms with E-state index in [9.17, 15) is 23.7 Å². The highest BCUT2D eigenvalue weighted by Crippen LogP contribution is 2.49. The molecule has 0 spiro atoms. The Bertz CT molecular complexity index is 2170. The highest BCUT2D eigenvalue weighted by Gasteiger charge is 2.33. The van der Waals surface area contributed by atoms with Crippen LogP contribution in [0.1, 0.15) is 71.8 Å². The fraction of sp³-hybridized carbons (Fsp3) is 0.275. The minimum Gasteiger partial charge on any atom is -0.461 e. The fourth-order valence-electron chi connectivity index (χ4n) is 6.57. The van der Waals surface area contributed by atoms with Gasteiger partial charge in [0.1, 0.15) is 43.0 Å². The van der Waals surface area contributed by atoms with Crippen molar-refractivity contribution in [2.45, 2.75) is 25.8 Å². The number of phosphoric acid groups is 1. The van der Waals surface area contributed by atoms with Crippen LogP contribution in [0.2, 0.25) is 0 Å². The SMILES string of the molecule is C#[N+]Cc1ccccc1.C=Cc1ccc(OP(=O)(Oc2ccc(C=O)cc2)Oc2ccc(C=O)cc2)cc1.O=C(OCCN1CCCCC1)c1ccc(C(=O)OCCN2CCNCC2)cc1. The highest BCUT2D eigenvalue weighted by atomic mass is 31.2. The molecule has 5 aromatic carbocycles. The number of likely N-dealkylation sites (tertiary alicyclic amines) is 1. The number of piperidine rings is 1. The molecule has 0 amide bonds. The van der Waals surface area contributed by atoms with Crippen molar-refractivity contribution < 1.29 is 46.8 Å². The number of benzene rings is 5. The van der Waals surface area contributed by atoms with Gasteiger partial charge in [-0.1, -0.05) is 66.4 Å². The molecule has 0 atom stereocenters. The van der Waals surface area contributed by atoms with E-state index in [4.69, 9.17) is 29.6 Å². The van der Waals surface area contributed by atoms with Crippen molar-refractivity contribution in [3.63, 3.8) is 0 Å². The minimum atomic E-state index is -4.16. The largest absolute Gasteiger partial charge is 0.647 e. The maximum Gasteiger partial charge on any atom is 0.647 e. The van der Waals surface area contributed by atoms with Gasteiger partial charge in [0.2, 0.25) is 0 Å². The van der Waals surface area contributed by atoms with Gasteiger partial charge in [-0.3, -0.25) is 19.4 Å². The van der Waals surface area contributed by atoms with Crippen molar-refractivity contribution >= 4 is 38.4 Å². The molecule has 0 aromatic heterocycles. The first-order chi connectivity index (χ1) is 32.2. The monoisotopic (exact) mass is 915 g/mol. The lowest BCUT2D eigenvalue weighted by Gasteiger charge is -2.26. The molecule has 7 rings (SSSR count). The molecule has 0 unspecified atom stereocenters. The Hall–Kier alpha value is -6.88. The van der Waals surface area contributed by atoms with E-state index in [0.29, 0.717) is 54.6 Å². The Balaban J connectivity index is 0.000000208. The summed E-state index contributed by atoms with van der Waals surface area (Å²) in [6.45, 7) is 17.7. The lowest BCUT2D eigenvalue weighted by Crippen LogP contribution is -2.44. The van der Waals surface area contributed by atoms with E-state index in [1.54, 1.807) is 54.6 Å². The first kappa shape index (κ1) is 50.1. The van der Waals surface area contributed by atoms with Gasteiger partial charge < -0.3 is 28.4 Å². The lowest BCUT2D eigenvalue weighted by atomic mass is 10.1. The van der Waals surface area contributed by atoms with Crippen LogP contribution in [0.25, 0.3) is 10.9 Å². The second-order valence-corrected chi connectivity index (χ2v) is 16.5. The summed E-state index contributed by atoms with van der Waals surface area (Å²) in [7, 11) is -4.16. The van der Waals surface area contributed by atoms with Crippen LogP contribution in [-0.4, -0.2) is 99.9 Å². The summed E-state index contributed by atoms with van der Waals surface area (Å²) in [5.41, 5.74) is 3.81. The molecule has 2 fully saturated rings. The maximum absolute atomic E-state index is 13.4. The second kappa shape index (κ2) is 27.4. The molecule has 0 saturated carbocycles. The minimum absolute atomic E-state index is 0.200. The summed E-state index contributed by atoms with van der Waals surface area (Å²) < 4.78 is 40.7. The Morgan fingerprint density at radius 3 is 1.44 bits per heavy atom. The zero-order valence-electron chi connectivity index (χ0n) is 36.9. The summed E-state index contributed by atoms with van der Waals surface area (Å²) >= 11 is 0. The molecule has 66 heavy (non-hydrogen) atoms. The van der Waals surface area contributed by atoms with E-state index < -0.39 is 7.82 Å². The van der Waals surface area contributed by atoms with E-state index in [-0.39, 0.29) is 29.2 Å². The average Bonchev–Trinajstić information content (AvgIpc) is 3.36. The normalized spacial score (nSPS) is 13.7. The average molecular weight is 916 g/mol. The van der Waals surface area contributed by atoms with E-state index in [2.05, 4.69) is 26.5 Å². The predicted octanol–water partition coefficient (Wildman–Crippen LogP) is 9.14. The molecule has 344 valence electrons. The van der Waals surface area contributed by atoms with Gasteiger partial charge in [-0.25, -0.2) is 9.59 Å². The van der Waals surface area contributed by atoms with Crippen molar-refractivity contribution in [1.29, 1.82) is 0 Å². The Kier molecular flexibility index (Phi) is 20.8. The number of rotatable bonds is 18. The highest BCUT2D eigenvalue weighted by molar-refractivity contribution is 7.49. The fourth-order valence-corrected chi connectivity index (χ4v) is 7.82. The second-order valence-electron chi connectivity index (χ2n) is 15.0. The number of hydrogen-bond acceptors (Lipinski definition) is 13. The van der Waals surface area contributed by atoms with Crippen molar-refractivity contribution in [3.05, 3.63) is 172 Å². The van der Waals surface area contributed by atoms with Crippen LogP contribution in [-0.2, 0) is 20.6 Å². The molecule has 1 N–H and O–H groups in total. The van der Waals surface area contributed by atoms with E-state index in [1.165, 1.54) is 67.8 Å². The first-order valence-electron chi connectivity index (χ1n) is 21.7. The molecule has 2 heterocycles. The third-order valence-corrected chi connectivity index (χ3v) is 11.5. The van der Waals surface area contributed by atoms with E-state index in [1.807, 2.05) is 30.3 Å². The molecule has 2 aliphatic rings. The molecule has 0 aliphatic carbocycles. The number of aldehydes is 2. The van der Waals surface area contributed by atoms with Crippen LogP contribution in [0, 0.1) is 6.57 Å². The van der Waals surface area contributed by atoms with Gasteiger partial charge in [-0.05, 0) is 116 Å². The van der Waals surface area contributed by atoms with Crippen LogP contribution in [0.15, 0.2) is 134 Å². The Labute approximate surface area is 386 Å². The van der Waals surface area contributed by atoms with E-state index >= 15 is 0 Å². The Morgan fingerprint density at radius 2 is 1.03 bits per heavy atom. The zero-order chi connectivity index (χ0) is 46.8. The molecule has 0 radical (unpaired) electrons. The number of ether oxygens (including phenoxy) is 2. The van der Waals surface area contributed by atoms with Crippen molar-refractivity contribution in [2.75, 3.05) is 65.6 Å². The standard InChI is InChI=1S/C22H17O6P.C21H31N3O4.C8H8N/c1-2-17-3-9-20(10-4-17)26-29(25,27-21-11-5-18(15-23)6-12-21)28-22-13-7-19(16-24)8-14-22;25-20(27-16-14-23-10-2-1-3-11-23)18-4-6-19(7-5-18)21(26)28-17-15-24-12-8-22-9-13-24;1-9-7-8-5-3-2-4-6-8/h2-16H,1H2;4-7,22H,1-3,8-17H2;1-6H,7H2/q;;+1. The number of nitrogens with one attached hydrogen (secondary N) is 1. The van der Waals surface area contributed by atoms with Crippen LogP contribution in [0.4, 0.5) is 0 Å². The summed E-state index contributed by atoms with van der Waals surface area (Å²) in [6.07, 6.45) is 6.78. The number of piperazine rings is 1. The van der Waals surface area contributed by atoms with Crippen LogP contribution in [0.3, 0.4) is 0 Å². The van der Waals surface area contributed by atoms with Gasteiger partial charge in [0.15, 0.2) is 0 Å². The van der Waals surface area contributed by atoms with E-state index in [0.717, 1.165) is 63.5 Å². The number of carbonyl (C=O) groups is 4. The summed E-state index contributed by atoms with van der Waals surface area (Å²) in [5.74, 6) is -0.0407. The summed E-state index contributed by atoms with van der Waals surface area (Å²) in [5, 5.41) is 3.29. The third-order valence-electron chi connectivity index (χ3n) is 10.2. The predicted molar refractivity (Wildman–Crippen MR) is 255 cm³/mol. The van der Waals surface area contributed by atoms with Crippen LogP contribution in [0.5, 0.6) is 17.2 Å². The maximum atomic E-state index is 13.4. The first-order valence-corrected chi connectivity index (χ1v) is 23.2. The van der Waals surface area contributed by atoms with Crippen LogP contribution >= 0.6 is 7.82 Å². The van der Waals surface area contributed by atoms with Gasteiger partial charge in [-0.2, -0.15) is 4.57 Å². The lowest BCUT2D eigenvalue weighted by molar-refractivity contribution is 0.0440. The quantitative estimate of drug-likeness (QED) is 0.0505. The zero-order valence-corrected chi connectivity index (χ0v) is 37.8. The van der Waals surface area contributed by atoms with Gasteiger partial charge in [0.05, 0.1) is 11.1 Å². The van der Waals surface area contributed by atoms with Gasteiger partial charge in [0.25, 0.3) is 13.1 Å². The van der Waals surface area contributed by atoms with Crippen molar-refractivity contribution in [2.24, 2.45) is 0 Å². The number of hydrogen-bond donors (Lipinski definition) is 1. The number of esters is 2. The number of nitrogens with zero attached hydrogens (tertiary/aromatic N) is 3. The molecule has 2 aliphatic heterocycles. The summed E-state index contributed by atoms with van der Waals surface area (Å²) in [6, 6.07) is 35.1. The number of phosphoric ester groups is 1. The van der Waals surface area contributed by atoms with Gasteiger partial charge in [0, 0.05) is 56.0 Å².